The first kappa shape index (κ1) is 8.53. The molecular formula is C12H12N2O. The van der Waals surface area contributed by atoms with Crippen molar-refractivity contribution in [3.63, 3.8) is 0 Å². The van der Waals surface area contributed by atoms with Crippen LogP contribution in [0.3, 0.4) is 0 Å². The molecule has 0 radical (unpaired) electrons. The second kappa shape index (κ2) is 2.86. The minimum absolute atomic E-state index is 0.821. The van der Waals surface area contributed by atoms with Gasteiger partial charge in [0.25, 0.3) is 0 Å². The maximum Gasteiger partial charge on any atom is 0.0896 e. The van der Waals surface area contributed by atoms with Gasteiger partial charge in [-0.1, -0.05) is 23.4 Å². The average molecular weight is 200 g/mol. The molecule has 0 aliphatic heterocycles. The molecule has 1 aliphatic carbocycles. The number of fused-ring (bicyclic) bond motifs is 3. The molecule has 2 aromatic rings. The Bertz CT molecular complexity index is 566. The smallest absolute Gasteiger partial charge is 0.0896 e. The number of rotatable bonds is 0. The highest BCUT2D eigenvalue weighted by molar-refractivity contribution is 6.14. The molecule has 3 heteroatoms. The number of nitrogens with zero attached hydrogens (tertiary/aromatic N) is 2. The molecule has 0 bridgehead atoms. The molecule has 0 saturated heterocycles. The van der Waals surface area contributed by atoms with E-state index >= 15 is 0 Å². The van der Waals surface area contributed by atoms with Crippen LogP contribution < -0.4 is 0 Å². The summed E-state index contributed by atoms with van der Waals surface area (Å²) in [5, 5.41) is 13.6. The van der Waals surface area contributed by atoms with Crippen molar-refractivity contribution in [2.24, 2.45) is 12.2 Å². The van der Waals surface area contributed by atoms with Crippen LogP contribution >= 0.6 is 0 Å². The summed E-state index contributed by atoms with van der Waals surface area (Å²) >= 11 is 0. The lowest BCUT2D eigenvalue weighted by atomic mass is 10.1. The van der Waals surface area contributed by atoms with Crippen LogP contribution in [0.2, 0.25) is 0 Å². The summed E-state index contributed by atoms with van der Waals surface area (Å²) in [5.41, 5.74) is 4.45. The van der Waals surface area contributed by atoms with Gasteiger partial charge >= 0.3 is 0 Å². The number of aromatic nitrogens is 1. The lowest BCUT2D eigenvalue weighted by molar-refractivity contribution is 0.318. The van der Waals surface area contributed by atoms with E-state index in [9.17, 15) is 0 Å². The van der Waals surface area contributed by atoms with Gasteiger partial charge in [-0.15, -0.1) is 0 Å². The quantitative estimate of drug-likeness (QED) is 0.514. The van der Waals surface area contributed by atoms with E-state index in [1.54, 1.807) is 0 Å². The van der Waals surface area contributed by atoms with Gasteiger partial charge in [0.1, 0.15) is 0 Å². The molecule has 0 atom stereocenters. The molecular weight excluding hydrogens is 188 g/mol. The third-order valence-electron chi connectivity index (χ3n) is 3.24. The molecule has 0 amide bonds. The Labute approximate surface area is 87.6 Å². The van der Waals surface area contributed by atoms with Crippen molar-refractivity contribution in [3.8, 4) is 0 Å². The van der Waals surface area contributed by atoms with E-state index in [1.807, 2.05) is 12.1 Å². The van der Waals surface area contributed by atoms with Crippen molar-refractivity contribution in [3.05, 3.63) is 35.5 Å². The topological polar surface area (TPSA) is 37.5 Å². The molecule has 76 valence electrons. The van der Waals surface area contributed by atoms with Crippen molar-refractivity contribution < 1.29 is 5.21 Å². The highest BCUT2D eigenvalue weighted by Gasteiger charge is 2.25. The van der Waals surface area contributed by atoms with Crippen molar-refractivity contribution in [1.29, 1.82) is 0 Å². The molecule has 3 rings (SSSR count). The summed E-state index contributed by atoms with van der Waals surface area (Å²) in [7, 11) is 2.07. The van der Waals surface area contributed by atoms with Crippen LogP contribution in [0.25, 0.3) is 10.9 Å². The molecule has 1 N–H and O–H groups in total. The van der Waals surface area contributed by atoms with E-state index < -0.39 is 0 Å². The zero-order valence-electron chi connectivity index (χ0n) is 8.57. The largest absolute Gasteiger partial charge is 0.411 e. The van der Waals surface area contributed by atoms with E-state index in [0.29, 0.717) is 0 Å². The maximum absolute atomic E-state index is 8.96. The first-order valence-corrected chi connectivity index (χ1v) is 5.10. The Hall–Kier alpha value is -1.77. The van der Waals surface area contributed by atoms with E-state index in [-0.39, 0.29) is 0 Å². The molecule has 0 unspecified atom stereocenters. The molecule has 0 fully saturated rings. The number of aryl methyl sites for hydroxylation is 1. The minimum Gasteiger partial charge on any atom is -0.411 e. The fourth-order valence-corrected chi connectivity index (χ4v) is 2.52. The second-order valence-electron chi connectivity index (χ2n) is 3.94. The van der Waals surface area contributed by atoms with E-state index in [1.165, 1.54) is 16.6 Å². The molecule has 15 heavy (non-hydrogen) atoms. The van der Waals surface area contributed by atoms with Crippen molar-refractivity contribution in [1.82, 2.24) is 4.57 Å². The van der Waals surface area contributed by atoms with Crippen LogP contribution in [0.1, 0.15) is 17.7 Å². The average Bonchev–Trinajstić information content (AvgIpc) is 2.81. The predicted molar refractivity (Wildman–Crippen MR) is 59.6 cm³/mol. The number of benzene rings is 1. The molecule has 3 nitrogen and oxygen atoms in total. The highest BCUT2D eigenvalue weighted by Crippen LogP contribution is 2.32. The second-order valence-corrected chi connectivity index (χ2v) is 3.94. The molecule has 1 aliphatic rings. The van der Waals surface area contributed by atoms with Crippen molar-refractivity contribution in [2.45, 2.75) is 12.8 Å². The van der Waals surface area contributed by atoms with Crippen LogP contribution in [0, 0.1) is 0 Å². The molecule has 0 saturated carbocycles. The van der Waals surface area contributed by atoms with E-state index in [4.69, 9.17) is 5.21 Å². The van der Waals surface area contributed by atoms with Gasteiger partial charge in [-0.05, 0) is 18.9 Å². The SMILES string of the molecule is Cn1c2c(c3ccccc31)/C(=N\O)CC2. The summed E-state index contributed by atoms with van der Waals surface area (Å²) in [4.78, 5) is 0. The monoisotopic (exact) mass is 200 g/mol. The van der Waals surface area contributed by atoms with Crippen molar-refractivity contribution in [2.75, 3.05) is 0 Å². The normalized spacial score (nSPS) is 17.5. The Morgan fingerprint density at radius 1 is 1.27 bits per heavy atom. The Morgan fingerprint density at radius 3 is 2.87 bits per heavy atom. The van der Waals surface area contributed by atoms with Crippen LogP contribution in [-0.2, 0) is 13.5 Å². The van der Waals surface area contributed by atoms with Gasteiger partial charge in [0, 0.05) is 29.2 Å². The standard InChI is InChI=1S/C12H12N2O/c1-14-10-5-3-2-4-8(10)12-9(13-15)6-7-11(12)14/h2-5,15H,6-7H2,1H3/b13-9-. The van der Waals surface area contributed by atoms with Gasteiger partial charge in [-0.25, -0.2) is 0 Å². The molecule has 1 aromatic heterocycles. The zero-order valence-corrected chi connectivity index (χ0v) is 8.57. The van der Waals surface area contributed by atoms with Gasteiger partial charge in [0.15, 0.2) is 0 Å². The number of oxime groups is 1. The highest BCUT2D eigenvalue weighted by atomic mass is 16.4. The fraction of sp³-hybridized carbons (Fsp3) is 0.250. The number of para-hydroxylation sites is 1. The molecule has 1 aromatic carbocycles. The lowest BCUT2D eigenvalue weighted by Crippen LogP contribution is -1.93. The van der Waals surface area contributed by atoms with Crippen LogP contribution in [0.5, 0.6) is 0 Å². The van der Waals surface area contributed by atoms with Gasteiger partial charge in [0.05, 0.1) is 5.71 Å². The third-order valence-corrected chi connectivity index (χ3v) is 3.24. The van der Waals surface area contributed by atoms with E-state index in [0.717, 1.165) is 24.1 Å². The summed E-state index contributed by atoms with van der Waals surface area (Å²) in [5.74, 6) is 0. The summed E-state index contributed by atoms with van der Waals surface area (Å²) < 4.78 is 2.20. The Kier molecular flexibility index (Phi) is 1.63. The number of hydrogen-bond acceptors (Lipinski definition) is 2. The summed E-state index contributed by atoms with van der Waals surface area (Å²) in [6.07, 6.45) is 1.82. The van der Waals surface area contributed by atoms with Gasteiger partial charge in [0.2, 0.25) is 0 Å². The Balaban J connectivity index is 2.46. The zero-order chi connectivity index (χ0) is 10.4. The van der Waals surface area contributed by atoms with Gasteiger partial charge in [-0.2, -0.15) is 0 Å². The van der Waals surface area contributed by atoms with Crippen molar-refractivity contribution >= 4 is 16.6 Å². The predicted octanol–water partition coefficient (Wildman–Crippen LogP) is 2.30. The Morgan fingerprint density at radius 2 is 2.07 bits per heavy atom. The third kappa shape index (κ3) is 0.975. The van der Waals surface area contributed by atoms with E-state index in [2.05, 4.69) is 28.9 Å². The fourth-order valence-electron chi connectivity index (χ4n) is 2.52. The number of hydrogen-bond donors (Lipinski definition) is 1. The minimum atomic E-state index is 0.821. The first-order chi connectivity index (χ1) is 7.33. The van der Waals surface area contributed by atoms with Crippen LogP contribution in [0.15, 0.2) is 29.4 Å². The van der Waals surface area contributed by atoms with Gasteiger partial charge < -0.3 is 9.77 Å². The maximum atomic E-state index is 8.96. The summed E-state index contributed by atoms with van der Waals surface area (Å²) in [6, 6.07) is 8.25. The van der Waals surface area contributed by atoms with Crippen LogP contribution in [0.4, 0.5) is 0 Å². The first-order valence-electron chi connectivity index (χ1n) is 5.10. The van der Waals surface area contributed by atoms with Crippen LogP contribution in [-0.4, -0.2) is 15.5 Å². The summed E-state index contributed by atoms with van der Waals surface area (Å²) in [6.45, 7) is 0. The van der Waals surface area contributed by atoms with Gasteiger partial charge in [-0.3, -0.25) is 0 Å². The molecule has 1 heterocycles. The lowest BCUT2D eigenvalue weighted by Gasteiger charge is -1.99. The molecule has 0 spiro atoms.